The van der Waals surface area contributed by atoms with Gasteiger partial charge in [-0.2, -0.15) is 10.2 Å². The second kappa shape index (κ2) is 6.08. The van der Waals surface area contributed by atoms with E-state index >= 15 is 0 Å². The number of pyridine rings is 1. The van der Waals surface area contributed by atoms with Crippen LogP contribution in [0.4, 0.5) is 5.69 Å². The number of aryl methyl sites for hydroxylation is 1. The number of carbonyl (C=O) groups is 2. The largest absolute Gasteiger partial charge is 0.366 e. The molecule has 0 spiro atoms. The van der Waals surface area contributed by atoms with Crippen molar-refractivity contribution in [3.63, 3.8) is 0 Å². The summed E-state index contributed by atoms with van der Waals surface area (Å²) in [7, 11) is 0. The number of rotatable bonds is 4. The molecule has 0 unspecified atom stereocenters. The topological polar surface area (TPSA) is 131 Å². The number of carbonyl (C=O) groups excluding carboxylic acids is 2. The van der Waals surface area contributed by atoms with E-state index in [4.69, 9.17) is 5.73 Å². The Hall–Kier alpha value is -3.53. The minimum atomic E-state index is -0.608. The number of nitrogens with two attached hydrogens (primary N) is 1. The van der Waals surface area contributed by atoms with Crippen molar-refractivity contribution in [3.8, 4) is 10.6 Å². The standard InChI is InChI=1S/C16H13N7O2S/c1-8-12(4-9(5-18-8)14(17)24)21-15(25)10-6-20-23-7-13(26-16(10)23)11-2-3-19-22-11/h2-7H,1H3,(H2,17,24)(H,19,22)(H,21,25). The molecule has 0 bridgehead atoms. The summed E-state index contributed by atoms with van der Waals surface area (Å²) in [5.41, 5.74) is 7.77. The van der Waals surface area contributed by atoms with Gasteiger partial charge in [-0.3, -0.25) is 19.7 Å². The van der Waals surface area contributed by atoms with Gasteiger partial charge in [0.1, 0.15) is 4.83 Å². The highest BCUT2D eigenvalue weighted by molar-refractivity contribution is 7.21. The van der Waals surface area contributed by atoms with E-state index in [1.54, 1.807) is 17.6 Å². The first-order valence-electron chi connectivity index (χ1n) is 7.57. The van der Waals surface area contributed by atoms with Crippen molar-refractivity contribution >= 4 is 33.7 Å². The predicted octanol–water partition coefficient (Wildman–Crippen LogP) is 1.84. The van der Waals surface area contributed by atoms with Crippen LogP contribution in [0.3, 0.4) is 0 Å². The number of anilines is 1. The lowest BCUT2D eigenvalue weighted by atomic mass is 10.2. The number of hydrogen-bond donors (Lipinski definition) is 3. The molecule has 4 aromatic heterocycles. The minimum absolute atomic E-state index is 0.226. The van der Waals surface area contributed by atoms with Crippen molar-refractivity contribution in [3.05, 3.63) is 53.7 Å². The molecule has 130 valence electrons. The third-order valence-electron chi connectivity index (χ3n) is 3.83. The van der Waals surface area contributed by atoms with E-state index in [2.05, 4.69) is 25.6 Å². The average molecular weight is 367 g/mol. The monoisotopic (exact) mass is 367 g/mol. The van der Waals surface area contributed by atoms with Gasteiger partial charge in [-0.1, -0.05) is 0 Å². The maximum atomic E-state index is 12.7. The highest BCUT2D eigenvalue weighted by Gasteiger charge is 2.18. The van der Waals surface area contributed by atoms with E-state index < -0.39 is 5.91 Å². The molecule has 9 nitrogen and oxygen atoms in total. The van der Waals surface area contributed by atoms with Crippen molar-refractivity contribution < 1.29 is 9.59 Å². The summed E-state index contributed by atoms with van der Waals surface area (Å²) in [4.78, 5) is 29.7. The summed E-state index contributed by atoms with van der Waals surface area (Å²) < 4.78 is 1.64. The number of nitrogens with one attached hydrogen (secondary N) is 2. The van der Waals surface area contributed by atoms with Gasteiger partial charge in [0.15, 0.2) is 0 Å². The molecule has 0 aliphatic heterocycles. The molecule has 0 atom stereocenters. The van der Waals surface area contributed by atoms with Crippen LogP contribution in [0.5, 0.6) is 0 Å². The number of thiazole rings is 1. The van der Waals surface area contributed by atoms with Crippen molar-refractivity contribution in [2.75, 3.05) is 5.32 Å². The van der Waals surface area contributed by atoms with Crippen LogP contribution in [-0.4, -0.2) is 36.6 Å². The zero-order valence-corrected chi connectivity index (χ0v) is 14.4. The molecule has 0 fully saturated rings. The van der Waals surface area contributed by atoms with E-state index in [-0.39, 0.29) is 11.5 Å². The zero-order chi connectivity index (χ0) is 18.3. The Balaban J connectivity index is 1.67. The molecule has 10 heteroatoms. The Morgan fingerprint density at radius 1 is 1.35 bits per heavy atom. The van der Waals surface area contributed by atoms with Crippen LogP contribution in [0.15, 0.2) is 36.9 Å². The Kier molecular flexibility index (Phi) is 3.73. The van der Waals surface area contributed by atoms with E-state index in [0.29, 0.717) is 21.8 Å². The molecule has 0 aromatic carbocycles. The number of amides is 2. The van der Waals surface area contributed by atoms with Crippen molar-refractivity contribution in [2.24, 2.45) is 5.73 Å². The number of aromatic amines is 1. The van der Waals surface area contributed by atoms with E-state index in [0.717, 1.165) is 10.6 Å². The van der Waals surface area contributed by atoms with Crippen LogP contribution in [0.2, 0.25) is 0 Å². The molecule has 0 aliphatic rings. The van der Waals surface area contributed by atoms with Crippen molar-refractivity contribution in [2.45, 2.75) is 6.92 Å². The lowest BCUT2D eigenvalue weighted by Crippen LogP contribution is -2.16. The Morgan fingerprint density at radius 2 is 2.19 bits per heavy atom. The minimum Gasteiger partial charge on any atom is -0.366 e. The lowest BCUT2D eigenvalue weighted by Gasteiger charge is -2.07. The highest BCUT2D eigenvalue weighted by atomic mass is 32.1. The first kappa shape index (κ1) is 16.0. The lowest BCUT2D eigenvalue weighted by molar-refractivity contribution is 0.0996. The fourth-order valence-corrected chi connectivity index (χ4v) is 3.48. The Morgan fingerprint density at radius 3 is 2.92 bits per heavy atom. The molecule has 0 aliphatic carbocycles. The van der Waals surface area contributed by atoms with Gasteiger partial charge in [0.05, 0.1) is 39.3 Å². The average Bonchev–Trinajstić information content (AvgIpc) is 3.32. The molecule has 0 radical (unpaired) electrons. The van der Waals surface area contributed by atoms with E-state index in [1.165, 1.54) is 29.8 Å². The normalized spacial score (nSPS) is 11.0. The second-order valence-electron chi connectivity index (χ2n) is 5.55. The number of nitrogens with zero attached hydrogens (tertiary/aromatic N) is 4. The van der Waals surface area contributed by atoms with Crippen LogP contribution < -0.4 is 11.1 Å². The number of primary amides is 1. The Labute approximate surface area is 150 Å². The molecule has 0 saturated heterocycles. The molecule has 4 heterocycles. The van der Waals surface area contributed by atoms with Gasteiger partial charge in [-0.05, 0) is 19.1 Å². The first-order chi connectivity index (χ1) is 12.5. The molecule has 4 rings (SSSR count). The first-order valence-corrected chi connectivity index (χ1v) is 8.39. The van der Waals surface area contributed by atoms with Gasteiger partial charge < -0.3 is 11.1 Å². The molecule has 4 aromatic rings. The number of hydrogen-bond acceptors (Lipinski definition) is 6. The van der Waals surface area contributed by atoms with Crippen LogP contribution in [0.1, 0.15) is 26.4 Å². The molecular formula is C16H13N7O2S. The summed E-state index contributed by atoms with van der Waals surface area (Å²) in [5.74, 6) is -0.951. The smallest absolute Gasteiger partial charge is 0.260 e. The van der Waals surface area contributed by atoms with Crippen molar-refractivity contribution in [1.82, 2.24) is 24.8 Å². The third-order valence-corrected chi connectivity index (χ3v) is 4.97. The summed E-state index contributed by atoms with van der Waals surface area (Å²) in [5, 5.41) is 13.8. The zero-order valence-electron chi connectivity index (χ0n) is 13.6. The van der Waals surface area contributed by atoms with Crippen LogP contribution in [-0.2, 0) is 0 Å². The fourth-order valence-electron chi connectivity index (χ4n) is 2.44. The van der Waals surface area contributed by atoms with Gasteiger partial charge in [0.2, 0.25) is 5.91 Å². The predicted molar refractivity (Wildman–Crippen MR) is 96.1 cm³/mol. The fraction of sp³-hybridized carbons (Fsp3) is 0.0625. The molecular weight excluding hydrogens is 354 g/mol. The van der Waals surface area contributed by atoms with Crippen LogP contribution >= 0.6 is 11.3 Å². The highest BCUT2D eigenvalue weighted by Crippen LogP contribution is 2.29. The third kappa shape index (κ3) is 2.71. The quantitative estimate of drug-likeness (QED) is 0.506. The van der Waals surface area contributed by atoms with Gasteiger partial charge in [0, 0.05) is 18.6 Å². The second-order valence-corrected chi connectivity index (χ2v) is 6.58. The maximum Gasteiger partial charge on any atom is 0.260 e. The van der Waals surface area contributed by atoms with Gasteiger partial charge in [0.25, 0.3) is 5.91 Å². The Bertz CT molecular complexity index is 1130. The van der Waals surface area contributed by atoms with Gasteiger partial charge in [-0.15, -0.1) is 11.3 Å². The SMILES string of the molecule is Cc1ncc(C(N)=O)cc1NC(=O)c1cnn2cc(-c3ccn[nH]3)sc12. The molecule has 26 heavy (non-hydrogen) atoms. The molecule has 2 amide bonds. The molecule has 4 N–H and O–H groups in total. The number of H-pyrrole nitrogens is 1. The number of aromatic nitrogens is 5. The number of fused-ring (bicyclic) bond motifs is 1. The maximum absolute atomic E-state index is 12.7. The van der Waals surface area contributed by atoms with Crippen molar-refractivity contribution in [1.29, 1.82) is 0 Å². The summed E-state index contributed by atoms with van der Waals surface area (Å²) in [6.45, 7) is 1.73. The summed E-state index contributed by atoms with van der Waals surface area (Å²) in [6, 6.07) is 3.35. The molecule has 0 saturated carbocycles. The summed E-state index contributed by atoms with van der Waals surface area (Å²) in [6.07, 6.45) is 6.36. The van der Waals surface area contributed by atoms with Gasteiger partial charge >= 0.3 is 0 Å². The van der Waals surface area contributed by atoms with Crippen LogP contribution in [0.25, 0.3) is 15.4 Å². The van der Waals surface area contributed by atoms with E-state index in [1.807, 2.05) is 12.3 Å². The van der Waals surface area contributed by atoms with Crippen LogP contribution in [0, 0.1) is 6.92 Å². The van der Waals surface area contributed by atoms with Gasteiger partial charge in [-0.25, -0.2) is 4.52 Å². The van der Waals surface area contributed by atoms with E-state index in [9.17, 15) is 9.59 Å². The summed E-state index contributed by atoms with van der Waals surface area (Å²) >= 11 is 1.42.